The first-order valence-corrected chi connectivity index (χ1v) is 6.49. The zero-order chi connectivity index (χ0) is 15.5. The van der Waals surface area contributed by atoms with Crippen LogP contribution in [0.1, 0.15) is 23.0 Å². The lowest BCUT2D eigenvalue weighted by Gasteiger charge is -2.29. The van der Waals surface area contributed by atoms with Crippen LogP contribution in [0, 0.1) is 0 Å². The zero-order valence-corrected chi connectivity index (χ0v) is 11.9. The largest absolute Gasteiger partial charge is 0.394 e. The highest BCUT2D eigenvalue weighted by Gasteiger charge is 2.28. The molecule has 0 saturated heterocycles. The molecule has 0 bridgehead atoms. The number of amides is 1. The van der Waals surface area contributed by atoms with E-state index in [-0.39, 0.29) is 17.9 Å². The molecule has 110 valence electrons. The van der Waals surface area contributed by atoms with Gasteiger partial charge in [-0.25, -0.2) is 4.68 Å². The first-order valence-electron chi connectivity index (χ1n) is 6.49. The van der Waals surface area contributed by atoms with Gasteiger partial charge < -0.3 is 10.4 Å². The molecule has 1 aromatic heterocycles. The number of aromatic nitrogens is 2. The molecule has 2 rings (SSSR count). The fraction of sp³-hybridized carbons (Fsp3) is 0.267. The van der Waals surface area contributed by atoms with E-state index in [1.807, 2.05) is 30.3 Å². The van der Waals surface area contributed by atoms with Gasteiger partial charge in [-0.15, -0.1) is 0 Å². The molecule has 1 unspecified atom stereocenters. The van der Waals surface area contributed by atoms with Gasteiger partial charge in [0.25, 0.3) is 11.5 Å². The van der Waals surface area contributed by atoms with E-state index in [2.05, 4.69) is 10.4 Å². The van der Waals surface area contributed by atoms with E-state index in [0.29, 0.717) is 0 Å². The molecule has 0 radical (unpaired) electrons. The maximum atomic E-state index is 12.3. The summed E-state index contributed by atoms with van der Waals surface area (Å²) in [7, 11) is 1.47. The van der Waals surface area contributed by atoms with Gasteiger partial charge in [0.05, 0.1) is 12.1 Å². The fourth-order valence-electron chi connectivity index (χ4n) is 1.95. The molecule has 0 aliphatic carbocycles. The lowest BCUT2D eigenvalue weighted by Crippen LogP contribution is -2.46. The van der Waals surface area contributed by atoms with E-state index >= 15 is 0 Å². The van der Waals surface area contributed by atoms with Gasteiger partial charge in [-0.3, -0.25) is 9.59 Å². The van der Waals surface area contributed by atoms with Crippen LogP contribution in [0.25, 0.3) is 0 Å². The Hall–Kier alpha value is -2.47. The third-order valence-electron chi connectivity index (χ3n) is 3.31. The fourth-order valence-corrected chi connectivity index (χ4v) is 1.95. The number of nitrogens with one attached hydrogen (secondary N) is 1. The smallest absolute Gasteiger partial charge is 0.272 e. The number of nitrogens with zero attached hydrogens (tertiary/aromatic N) is 2. The number of hydrogen-bond donors (Lipinski definition) is 2. The molecule has 2 N–H and O–H groups in total. The average Bonchev–Trinajstić information content (AvgIpc) is 2.50. The summed E-state index contributed by atoms with van der Waals surface area (Å²) < 4.78 is 1.09. The van der Waals surface area contributed by atoms with Gasteiger partial charge in [0.2, 0.25) is 0 Å². The summed E-state index contributed by atoms with van der Waals surface area (Å²) >= 11 is 0. The van der Waals surface area contributed by atoms with Crippen LogP contribution in [-0.2, 0) is 12.6 Å². The Morgan fingerprint density at radius 2 is 1.95 bits per heavy atom. The first kappa shape index (κ1) is 14.9. The summed E-state index contributed by atoms with van der Waals surface area (Å²) in [5.74, 6) is -0.453. The minimum absolute atomic E-state index is 0.118. The third kappa shape index (κ3) is 3.17. The molecule has 0 fully saturated rings. The van der Waals surface area contributed by atoms with Crippen molar-refractivity contribution in [3.05, 3.63) is 64.1 Å². The van der Waals surface area contributed by atoms with Gasteiger partial charge in [0.1, 0.15) is 5.69 Å². The molecule has 6 nitrogen and oxygen atoms in total. The number of aryl methyl sites for hydroxylation is 1. The van der Waals surface area contributed by atoms with Crippen LogP contribution in [0.5, 0.6) is 0 Å². The van der Waals surface area contributed by atoms with Crippen molar-refractivity contribution in [3.8, 4) is 0 Å². The first-order chi connectivity index (χ1) is 9.96. The molecule has 1 aromatic carbocycles. The quantitative estimate of drug-likeness (QED) is 0.853. The second kappa shape index (κ2) is 5.88. The second-order valence-corrected chi connectivity index (χ2v) is 4.99. The van der Waals surface area contributed by atoms with Crippen LogP contribution in [0.4, 0.5) is 0 Å². The molecule has 2 aromatic rings. The number of hydrogen-bond acceptors (Lipinski definition) is 4. The molecule has 0 spiro atoms. The summed E-state index contributed by atoms with van der Waals surface area (Å²) in [5, 5.41) is 16.3. The summed E-state index contributed by atoms with van der Waals surface area (Å²) in [6.45, 7) is 1.47. The summed E-state index contributed by atoms with van der Waals surface area (Å²) in [4.78, 5) is 23.5. The molecule has 21 heavy (non-hydrogen) atoms. The van der Waals surface area contributed by atoms with Gasteiger partial charge in [0.15, 0.2) is 0 Å². The van der Waals surface area contributed by atoms with Crippen molar-refractivity contribution >= 4 is 5.91 Å². The second-order valence-electron chi connectivity index (χ2n) is 4.99. The minimum Gasteiger partial charge on any atom is -0.394 e. The van der Waals surface area contributed by atoms with Crippen molar-refractivity contribution in [1.82, 2.24) is 15.1 Å². The normalized spacial score (nSPS) is 13.5. The van der Waals surface area contributed by atoms with E-state index in [0.717, 1.165) is 10.2 Å². The number of carbonyl (C=O) groups is 1. The topological polar surface area (TPSA) is 84.2 Å². The number of aliphatic hydroxyl groups is 1. The van der Waals surface area contributed by atoms with Crippen molar-refractivity contribution < 1.29 is 9.90 Å². The van der Waals surface area contributed by atoms with E-state index < -0.39 is 11.4 Å². The van der Waals surface area contributed by atoms with Crippen molar-refractivity contribution in [3.63, 3.8) is 0 Å². The molecule has 1 atom stereocenters. The monoisotopic (exact) mass is 287 g/mol. The Bertz CT molecular complexity index is 697. The van der Waals surface area contributed by atoms with E-state index in [9.17, 15) is 14.7 Å². The van der Waals surface area contributed by atoms with Crippen LogP contribution in [0.3, 0.4) is 0 Å². The Labute approximate surface area is 122 Å². The highest BCUT2D eigenvalue weighted by atomic mass is 16.3. The van der Waals surface area contributed by atoms with Crippen LogP contribution in [0.15, 0.2) is 47.3 Å². The van der Waals surface area contributed by atoms with E-state index in [1.165, 1.54) is 19.2 Å². The van der Waals surface area contributed by atoms with Crippen molar-refractivity contribution in [1.29, 1.82) is 0 Å². The summed E-state index contributed by atoms with van der Waals surface area (Å²) in [6, 6.07) is 11.8. The summed E-state index contributed by atoms with van der Waals surface area (Å²) in [5.41, 5.74) is -0.313. The van der Waals surface area contributed by atoms with Crippen molar-refractivity contribution in [2.45, 2.75) is 12.5 Å². The molecule has 0 aliphatic rings. The Morgan fingerprint density at radius 1 is 1.29 bits per heavy atom. The number of benzene rings is 1. The van der Waals surface area contributed by atoms with Gasteiger partial charge in [-0.1, -0.05) is 30.3 Å². The lowest BCUT2D eigenvalue weighted by atomic mass is 9.93. The molecular formula is C15H17N3O3. The molecular weight excluding hydrogens is 270 g/mol. The van der Waals surface area contributed by atoms with Gasteiger partial charge in [-0.2, -0.15) is 5.10 Å². The van der Waals surface area contributed by atoms with Crippen LogP contribution < -0.4 is 10.9 Å². The molecule has 0 saturated carbocycles. The number of carbonyl (C=O) groups excluding carboxylic acids is 1. The average molecular weight is 287 g/mol. The molecule has 1 heterocycles. The predicted octanol–water partition coefficient (Wildman–Crippen LogP) is 0.418. The maximum absolute atomic E-state index is 12.3. The number of aliphatic hydroxyl groups excluding tert-OH is 1. The highest BCUT2D eigenvalue weighted by molar-refractivity contribution is 5.92. The predicted molar refractivity (Wildman–Crippen MR) is 77.8 cm³/mol. The highest BCUT2D eigenvalue weighted by Crippen LogP contribution is 2.20. The Balaban J connectivity index is 2.28. The zero-order valence-electron chi connectivity index (χ0n) is 11.9. The minimum atomic E-state index is -0.922. The standard InChI is InChI=1S/C15H17N3O3/c1-15(10-19,11-6-4-3-5-7-11)16-14(21)12-8-9-13(20)18(2)17-12/h3-9,19H,10H2,1-2H3,(H,16,21). The number of rotatable bonds is 4. The van der Waals surface area contributed by atoms with Gasteiger partial charge in [0, 0.05) is 13.1 Å². The summed E-state index contributed by atoms with van der Waals surface area (Å²) in [6.07, 6.45) is 0. The van der Waals surface area contributed by atoms with E-state index in [4.69, 9.17) is 0 Å². The van der Waals surface area contributed by atoms with E-state index in [1.54, 1.807) is 6.92 Å². The maximum Gasteiger partial charge on any atom is 0.272 e. The van der Waals surface area contributed by atoms with Crippen molar-refractivity contribution in [2.75, 3.05) is 6.61 Å². The molecule has 1 amide bonds. The van der Waals surface area contributed by atoms with Crippen LogP contribution in [-0.4, -0.2) is 27.4 Å². The SMILES string of the molecule is Cn1nc(C(=O)NC(C)(CO)c2ccccc2)ccc1=O. The molecule has 6 heteroatoms. The van der Waals surface area contributed by atoms with Crippen LogP contribution >= 0.6 is 0 Å². The van der Waals surface area contributed by atoms with Crippen LogP contribution in [0.2, 0.25) is 0 Å². The van der Waals surface area contributed by atoms with Gasteiger partial charge in [-0.05, 0) is 18.6 Å². The van der Waals surface area contributed by atoms with Crippen molar-refractivity contribution in [2.24, 2.45) is 7.05 Å². The van der Waals surface area contributed by atoms with Gasteiger partial charge >= 0.3 is 0 Å². The Kier molecular flexibility index (Phi) is 4.18. The molecule has 0 aliphatic heterocycles. The Morgan fingerprint density at radius 3 is 2.52 bits per heavy atom. The lowest BCUT2D eigenvalue weighted by molar-refractivity contribution is 0.0842. The third-order valence-corrected chi connectivity index (χ3v) is 3.31.